The number of piperazine rings is 1. The van der Waals surface area contributed by atoms with Gasteiger partial charge in [-0.05, 0) is 58.7 Å². The van der Waals surface area contributed by atoms with Crippen LogP contribution in [0.25, 0.3) is 10.9 Å². The molecule has 226 valence electrons. The number of hydrogen-bond acceptors (Lipinski definition) is 8. The molecule has 4 heterocycles. The maximum absolute atomic E-state index is 13.7. The first-order valence-electron chi connectivity index (χ1n) is 15.3. The summed E-state index contributed by atoms with van der Waals surface area (Å²) in [6.45, 7) is 4.42. The van der Waals surface area contributed by atoms with Gasteiger partial charge < -0.3 is 14.5 Å². The van der Waals surface area contributed by atoms with Gasteiger partial charge in [0.25, 0.3) is 5.56 Å². The molecule has 0 saturated carbocycles. The number of H-pyrrole nitrogens is 1. The number of hydrogen-bond donors (Lipinski definition) is 1. The lowest BCUT2D eigenvalue weighted by Crippen LogP contribution is -2.50. The Morgan fingerprint density at radius 1 is 0.909 bits per heavy atom. The second-order valence-corrected chi connectivity index (χ2v) is 11.6. The molecular formula is C34H37N7O3. The molecule has 2 fully saturated rings. The van der Waals surface area contributed by atoms with E-state index in [1.165, 1.54) is 11.1 Å². The molecule has 0 aliphatic carbocycles. The molecule has 2 aliphatic heterocycles. The number of benzene rings is 3. The molecule has 0 spiro atoms. The van der Waals surface area contributed by atoms with Gasteiger partial charge in [-0.25, -0.2) is 4.68 Å². The average molecular weight is 592 g/mol. The Morgan fingerprint density at radius 2 is 1.59 bits per heavy atom. The fourth-order valence-corrected chi connectivity index (χ4v) is 6.69. The van der Waals surface area contributed by atoms with Crippen LogP contribution in [0.2, 0.25) is 0 Å². The number of rotatable bonds is 9. The van der Waals surface area contributed by atoms with E-state index in [0.29, 0.717) is 17.9 Å². The summed E-state index contributed by atoms with van der Waals surface area (Å²) in [5.41, 5.74) is 3.77. The van der Waals surface area contributed by atoms with E-state index in [2.05, 4.69) is 91.0 Å². The Balaban J connectivity index is 1.24. The molecule has 1 N–H and O–H groups in total. The number of pyridine rings is 1. The van der Waals surface area contributed by atoms with Crippen molar-refractivity contribution in [3.05, 3.63) is 118 Å². The van der Waals surface area contributed by atoms with E-state index < -0.39 is 6.04 Å². The molecule has 2 aromatic heterocycles. The van der Waals surface area contributed by atoms with Crippen LogP contribution in [0, 0.1) is 0 Å². The molecule has 3 aromatic carbocycles. The van der Waals surface area contributed by atoms with E-state index in [1.807, 2.05) is 28.9 Å². The fourth-order valence-electron chi connectivity index (χ4n) is 6.69. The summed E-state index contributed by atoms with van der Waals surface area (Å²) in [5.74, 6) is 1.39. The Bertz CT molecular complexity index is 1700. The summed E-state index contributed by atoms with van der Waals surface area (Å²) in [5, 5.41) is 13.9. The van der Waals surface area contributed by atoms with Crippen molar-refractivity contribution in [1.29, 1.82) is 0 Å². The first-order valence-corrected chi connectivity index (χ1v) is 15.3. The number of aromatic nitrogens is 5. The molecule has 10 heteroatoms. The van der Waals surface area contributed by atoms with Crippen molar-refractivity contribution >= 4 is 10.9 Å². The molecule has 10 nitrogen and oxygen atoms in total. The molecule has 5 aromatic rings. The van der Waals surface area contributed by atoms with E-state index in [4.69, 9.17) is 9.47 Å². The highest BCUT2D eigenvalue weighted by Gasteiger charge is 2.35. The quantitative estimate of drug-likeness (QED) is 0.272. The Kier molecular flexibility index (Phi) is 8.19. The van der Waals surface area contributed by atoms with Gasteiger partial charge in [0.1, 0.15) is 11.8 Å². The minimum absolute atomic E-state index is 0.0615. The maximum Gasteiger partial charge on any atom is 0.253 e. The maximum atomic E-state index is 13.7. The molecule has 7 rings (SSSR count). The van der Waals surface area contributed by atoms with Crippen LogP contribution in [-0.4, -0.2) is 81.0 Å². The van der Waals surface area contributed by atoms with Crippen LogP contribution in [0.3, 0.4) is 0 Å². The smallest absolute Gasteiger partial charge is 0.253 e. The fraction of sp³-hybridized carbons (Fsp3) is 0.353. The summed E-state index contributed by atoms with van der Waals surface area (Å²) >= 11 is 0. The number of tetrazole rings is 1. The van der Waals surface area contributed by atoms with Crippen molar-refractivity contribution in [3.8, 4) is 5.75 Å². The Hall–Kier alpha value is -4.38. The first kappa shape index (κ1) is 28.4. The van der Waals surface area contributed by atoms with Crippen LogP contribution in [0.1, 0.15) is 47.4 Å². The summed E-state index contributed by atoms with van der Waals surface area (Å²) < 4.78 is 13.2. The summed E-state index contributed by atoms with van der Waals surface area (Å²) in [6, 6.07) is 28.7. The minimum Gasteiger partial charge on any atom is -0.497 e. The second kappa shape index (κ2) is 12.7. The molecule has 2 atom stereocenters. The second-order valence-electron chi connectivity index (χ2n) is 11.6. The minimum atomic E-state index is -0.431. The van der Waals surface area contributed by atoms with Crippen LogP contribution in [0.15, 0.2) is 89.7 Å². The van der Waals surface area contributed by atoms with Gasteiger partial charge in [0.2, 0.25) is 0 Å². The van der Waals surface area contributed by atoms with Crippen molar-refractivity contribution < 1.29 is 9.47 Å². The zero-order valence-electron chi connectivity index (χ0n) is 24.9. The van der Waals surface area contributed by atoms with Crippen molar-refractivity contribution in [2.45, 2.75) is 37.6 Å². The molecule has 0 radical (unpaired) electrons. The molecule has 0 unspecified atom stereocenters. The first-order chi connectivity index (χ1) is 21.7. The highest BCUT2D eigenvalue weighted by molar-refractivity contribution is 5.80. The van der Waals surface area contributed by atoms with Gasteiger partial charge in [-0.2, -0.15) is 0 Å². The molecule has 0 amide bonds. The van der Waals surface area contributed by atoms with E-state index >= 15 is 0 Å². The largest absolute Gasteiger partial charge is 0.497 e. The van der Waals surface area contributed by atoms with Gasteiger partial charge in [0.05, 0.1) is 25.8 Å². The van der Waals surface area contributed by atoms with Crippen molar-refractivity contribution in [2.75, 3.05) is 39.9 Å². The molecular weight excluding hydrogens is 554 g/mol. The number of fused-ring (bicyclic) bond motifs is 1. The number of nitrogens with one attached hydrogen (secondary N) is 1. The van der Waals surface area contributed by atoms with Crippen LogP contribution in [0.4, 0.5) is 0 Å². The van der Waals surface area contributed by atoms with Crippen molar-refractivity contribution in [3.63, 3.8) is 0 Å². The van der Waals surface area contributed by atoms with Crippen LogP contribution < -0.4 is 10.3 Å². The van der Waals surface area contributed by atoms with E-state index in [9.17, 15) is 4.79 Å². The van der Waals surface area contributed by atoms with E-state index in [-0.39, 0.29) is 17.7 Å². The lowest BCUT2D eigenvalue weighted by Gasteiger charge is -2.42. The standard InChI is InChI=1S/C34H37N7O3/c1-43-27-14-15-30-26(21-27)22-29(34(42)35-30)32(33-36-37-38-41(33)23-28-13-8-20-44-28)40-18-16-39(17-19-40)31(24-9-4-2-5-10-24)25-11-6-3-7-12-25/h2-7,9-12,14-15,21-22,28,31-32H,8,13,16-20,23H2,1H3,(H,35,42)/t28-,32-/m1/s1. The molecule has 0 bridgehead atoms. The SMILES string of the molecule is COc1ccc2[nH]c(=O)c([C@H](c3nnnn3C[C@H]3CCCO3)N3CCN(C(c4ccccc4)c4ccccc4)CC3)cc2c1. The number of methoxy groups -OCH3 is 1. The summed E-state index contributed by atoms with van der Waals surface area (Å²) in [7, 11) is 1.65. The average Bonchev–Trinajstić information content (AvgIpc) is 3.76. The number of nitrogens with zero attached hydrogens (tertiary/aromatic N) is 6. The number of aromatic amines is 1. The molecule has 44 heavy (non-hydrogen) atoms. The zero-order valence-corrected chi connectivity index (χ0v) is 24.9. The van der Waals surface area contributed by atoms with Gasteiger partial charge in [0, 0.05) is 49.3 Å². The lowest BCUT2D eigenvalue weighted by molar-refractivity contribution is 0.0778. The van der Waals surface area contributed by atoms with Crippen LogP contribution in [0.5, 0.6) is 5.75 Å². The number of ether oxygens (including phenoxy) is 2. The zero-order chi connectivity index (χ0) is 29.9. The summed E-state index contributed by atoms with van der Waals surface area (Å²) in [4.78, 5) is 21.7. The van der Waals surface area contributed by atoms with E-state index in [1.54, 1.807) is 7.11 Å². The van der Waals surface area contributed by atoms with Gasteiger partial charge in [-0.3, -0.25) is 14.6 Å². The highest BCUT2D eigenvalue weighted by Crippen LogP contribution is 2.33. The van der Waals surface area contributed by atoms with Gasteiger partial charge >= 0.3 is 0 Å². The lowest BCUT2D eigenvalue weighted by atomic mass is 9.96. The van der Waals surface area contributed by atoms with Gasteiger partial charge in [0.15, 0.2) is 5.82 Å². The monoisotopic (exact) mass is 591 g/mol. The molecule has 2 saturated heterocycles. The topological polar surface area (TPSA) is 101 Å². The van der Waals surface area contributed by atoms with Crippen molar-refractivity contribution in [1.82, 2.24) is 35.0 Å². The van der Waals surface area contributed by atoms with Gasteiger partial charge in [-0.1, -0.05) is 60.7 Å². The predicted octanol–water partition coefficient (Wildman–Crippen LogP) is 4.20. The predicted molar refractivity (Wildman–Crippen MR) is 168 cm³/mol. The third-order valence-corrected chi connectivity index (χ3v) is 8.89. The van der Waals surface area contributed by atoms with Crippen molar-refractivity contribution in [2.24, 2.45) is 0 Å². The normalized spacial score (nSPS) is 18.6. The summed E-state index contributed by atoms with van der Waals surface area (Å²) in [6.07, 6.45) is 2.06. The Labute approximate surface area is 256 Å². The van der Waals surface area contributed by atoms with Gasteiger partial charge in [-0.15, -0.1) is 5.10 Å². The Morgan fingerprint density at radius 3 is 2.23 bits per heavy atom. The highest BCUT2D eigenvalue weighted by atomic mass is 16.5. The van der Waals surface area contributed by atoms with Crippen LogP contribution >= 0.6 is 0 Å². The third-order valence-electron chi connectivity index (χ3n) is 8.89. The van der Waals surface area contributed by atoms with Crippen LogP contribution in [-0.2, 0) is 11.3 Å². The van der Waals surface area contributed by atoms with E-state index in [0.717, 1.165) is 62.3 Å². The third kappa shape index (κ3) is 5.76. The molecule has 2 aliphatic rings.